The molecule has 1 amide bonds. The fourth-order valence-electron chi connectivity index (χ4n) is 3.02. The van der Waals surface area contributed by atoms with Gasteiger partial charge in [-0.05, 0) is 46.3 Å². The van der Waals surface area contributed by atoms with E-state index in [2.05, 4.69) is 31.2 Å². The Kier molecular flexibility index (Phi) is 8.52. The molecule has 0 saturated heterocycles. The number of thioether (sulfide) groups is 1. The van der Waals surface area contributed by atoms with E-state index in [1.54, 1.807) is 18.4 Å². The summed E-state index contributed by atoms with van der Waals surface area (Å²) in [4.78, 5) is 31.4. The van der Waals surface area contributed by atoms with Crippen molar-refractivity contribution >= 4 is 33.6 Å². The molecule has 33 heavy (non-hydrogen) atoms. The van der Waals surface area contributed by atoms with Crippen molar-refractivity contribution in [1.29, 1.82) is 5.26 Å². The summed E-state index contributed by atoms with van der Waals surface area (Å²) >= 11 is 4.71. The zero-order chi connectivity index (χ0) is 23.8. The summed E-state index contributed by atoms with van der Waals surface area (Å²) in [5.41, 5.74) is 1.22. The van der Waals surface area contributed by atoms with Crippen LogP contribution in [0.1, 0.15) is 11.1 Å². The highest BCUT2D eigenvalue weighted by molar-refractivity contribution is 9.10. The Labute approximate surface area is 203 Å². The van der Waals surface area contributed by atoms with E-state index < -0.39 is 5.56 Å². The summed E-state index contributed by atoms with van der Waals surface area (Å²) in [5, 5.41) is 12.7. The number of methoxy groups -OCH3 is 1. The third-order valence-electron chi connectivity index (χ3n) is 4.65. The van der Waals surface area contributed by atoms with Gasteiger partial charge in [-0.25, -0.2) is 4.98 Å². The molecule has 0 aliphatic carbocycles. The van der Waals surface area contributed by atoms with Crippen molar-refractivity contribution in [1.82, 2.24) is 15.3 Å². The number of ether oxygens (including phenoxy) is 2. The Bertz CT molecular complexity index is 1240. The van der Waals surface area contributed by atoms with Gasteiger partial charge in [0.2, 0.25) is 0 Å². The number of H-pyrrole nitrogens is 1. The van der Waals surface area contributed by atoms with Crippen LogP contribution in [0.5, 0.6) is 11.5 Å². The van der Waals surface area contributed by atoms with Gasteiger partial charge in [-0.3, -0.25) is 9.59 Å². The maximum atomic E-state index is 12.3. The topological polar surface area (TPSA) is 117 Å². The van der Waals surface area contributed by atoms with Gasteiger partial charge in [-0.2, -0.15) is 5.26 Å². The van der Waals surface area contributed by atoms with E-state index in [0.29, 0.717) is 33.2 Å². The molecule has 2 aromatic carbocycles. The lowest BCUT2D eigenvalue weighted by atomic mass is 10.1. The second-order valence-corrected chi connectivity index (χ2v) is 8.42. The molecule has 1 aromatic heterocycles. The molecule has 10 heteroatoms. The van der Waals surface area contributed by atoms with Crippen molar-refractivity contribution in [3.63, 3.8) is 0 Å². The predicted octanol–water partition coefficient (Wildman–Crippen LogP) is 3.54. The van der Waals surface area contributed by atoms with Crippen LogP contribution in [-0.4, -0.2) is 42.4 Å². The summed E-state index contributed by atoms with van der Waals surface area (Å²) in [6.45, 7) is 0.301. The monoisotopic (exact) mass is 528 g/mol. The number of rotatable bonds is 9. The number of carbonyl (C=O) groups is 1. The van der Waals surface area contributed by atoms with Crippen LogP contribution in [0.3, 0.4) is 0 Å². The van der Waals surface area contributed by atoms with Gasteiger partial charge in [0, 0.05) is 16.6 Å². The predicted molar refractivity (Wildman–Crippen MR) is 130 cm³/mol. The highest BCUT2D eigenvalue weighted by atomic mass is 79.9. The molecule has 0 atom stereocenters. The van der Waals surface area contributed by atoms with Crippen molar-refractivity contribution < 1.29 is 14.3 Å². The Morgan fingerprint density at radius 1 is 1.27 bits per heavy atom. The summed E-state index contributed by atoms with van der Waals surface area (Å²) in [6.07, 6.45) is 2.49. The van der Waals surface area contributed by atoms with E-state index in [1.807, 2.05) is 36.4 Å². The number of halogens is 1. The average molecular weight is 529 g/mol. The van der Waals surface area contributed by atoms with Crippen LogP contribution in [0.25, 0.3) is 11.3 Å². The first-order chi connectivity index (χ1) is 16.0. The van der Waals surface area contributed by atoms with Crippen molar-refractivity contribution in [2.45, 2.75) is 11.6 Å². The molecule has 0 bridgehead atoms. The van der Waals surface area contributed by atoms with E-state index in [0.717, 1.165) is 12.0 Å². The quantitative estimate of drug-likeness (QED) is 0.322. The molecule has 0 aliphatic heterocycles. The van der Waals surface area contributed by atoms with Crippen LogP contribution in [-0.2, 0) is 11.2 Å². The van der Waals surface area contributed by atoms with Crippen LogP contribution >= 0.6 is 27.7 Å². The minimum atomic E-state index is -0.523. The van der Waals surface area contributed by atoms with E-state index in [-0.39, 0.29) is 23.8 Å². The van der Waals surface area contributed by atoms with Gasteiger partial charge in [-0.15, -0.1) is 0 Å². The molecule has 1 heterocycles. The van der Waals surface area contributed by atoms with E-state index in [1.165, 1.54) is 18.9 Å². The molecule has 0 radical (unpaired) electrons. The first-order valence-corrected chi connectivity index (χ1v) is 11.9. The average Bonchev–Trinajstić information content (AvgIpc) is 2.83. The normalized spacial score (nSPS) is 10.4. The Morgan fingerprint density at radius 2 is 2.03 bits per heavy atom. The number of hydrogen-bond donors (Lipinski definition) is 2. The number of amides is 1. The third-order valence-corrected chi connectivity index (χ3v) is 5.88. The third kappa shape index (κ3) is 6.15. The molecule has 3 rings (SSSR count). The van der Waals surface area contributed by atoms with Gasteiger partial charge in [-0.1, -0.05) is 42.1 Å². The number of nitriles is 1. The maximum Gasteiger partial charge on any atom is 0.270 e. The second-order valence-electron chi connectivity index (χ2n) is 6.77. The standard InChI is InChI=1S/C23H21BrN4O4S/c1-31-18-10-15(21-16(12-25)22(30)28-23(27-21)33-2)17(24)11-19(18)32-13-20(29)26-9-8-14-6-4-3-5-7-14/h3-7,10-11H,8-9,13H2,1-2H3,(H,26,29)(H,27,28,30). The minimum absolute atomic E-state index is 0.109. The summed E-state index contributed by atoms with van der Waals surface area (Å²) in [7, 11) is 1.46. The number of aromatic amines is 1. The van der Waals surface area contributed by atoms with Gasteiger partial charge >= 0.3 is 0 Å². The molecule has 8 nitrogen and oxygen atoms in total. The van der Waals surface area contributed by atoms with E-state index >= 15 is 0 Å². The second kappa shape index (κ2) is 11.5. The molecule has 3 aromatic rings. The Morgan fingerprint density at radius 3 is 2.70 bits per heavy atom. The fraction of sp³-hybridized carbons (Fsp3) is 0.217. The van der Waals surface area contributed by atoms with Gasteiger partial charge in [0.15, 0.2) is 23.3 Å². The van der Waals surface area contributed by atoms with Crippen molar-refractivity contribution in [3.05, 3.63) is 68.4 Å². The van der Waals surface area contributed by atoms with Gasteiger partial charge in [0.1, 0.15) is 11.6 Å². The highest BCUT2D eigenvalue weighted by Crippen LogP contribution is 2.38. The number of aromatic nitrogens is 2. The minimum Gasteiger partial charge on any atom is -0.493 e. The van der Waals surface area contributed by atoms with Gasteiger partial charge in [0.25, 0.3) is 11.5 Å². The van der Waals surface area contributed by atoms with Crippen LogP contribution in [0.4, 0.5) is 0 Å². The largest absolute Gasteiger partial charge is 0.493 e. The van der Waals surface area contributed by atoms with Gasteiger partial charge in [0.05, 0.1) is 12.8 Å². The lowest BCUT2D eigenvalue weighted by Crippen LogP contribution is -2.30. The first-order valence-electron chi connectivity index (χ1n) is 9.86. The number of nitrogens with zero attached hydrogens (tertiary/aromatic N) is 2. The Hall–Kier alpha value is -3.29. The number of hydrogen-bond acceptors (Lipinski definition) is 7. The smallest absolute Gasteiger partial charge is 0.270 e. The number of benzene rings is 2. The molecule has 0 spiro atoms. The summed E-state index contributed by atoms with van der Waals surface area (Å²) in [6, 6.07) is 15.0. The Balaban J connectivity index is 1.75. The summed E-state index contributed by atoms with van der Waals surface area (Å²) in [5.74, 6) is 0.405. The van der Waals surface area contributed by atoms with Crippen molar-refractivity contribution in [3.8, 4) is 28.8 Å². The van der Waals surface area contributed by atoms with Gasteiger partial charge < -0.3 is 19.8 Å². The van der Waals surface area contributed by atoms with Crippen LogP contribution in [0.2, 0.25) is 0 Å². The van der Waals surface area contributed by atoms with E-state index in [4.69, 9.17) is 9.47 Å². The molecule has 0 fully saturated rings. The lowest BCUT2D eigenvalue weighted by molar-refractivity contribution is -0.123. The van der Waals surface area contributed by atoms with Crippen LogP contribution < -0.4 is 20.3 Å². The van der Waals surface area contributed by atoms with Crippen molar-refractivity contribution in [2.24, 2.45) is 0 Å². The van der Waals surface area contributed by atoms with Crippen LogP contribution in [0, 0.1) is 11.3 Å². The molecule has 0 unspecified atom stereocenters. The highest BCUT2D eigenvalue weighted by Gasteiger charge is 2.19. The molecule has 0 aliphatic rings. The zero-order valence-electron chi connectivity index (χ0n) is 18.0. The maximum absolute atomic E-state index is 12.3. The fourth-order valence-corrected chi connectivity index (χ4v) is 3.91. The molecular formula is C23H21BrN4O4S. The molecule has 2 N–H and O–H groups in total. The van der Waals surface area contributed by atoms with Crippen LogP contribution in [0.15, 0.2) is 56.9 Å². The number of nitrogens with one attached hydrogen (secondary N) is 2. The molecular weight excluding hydrogens is 508 g/mol. The van der Waals surface area contributed by atoms with Crippen molar-refractivity contribution in [2.75, 3.05) is 26.5 Å². The SMILES string of the molecule is COc1cc(-c2nc(SC)[nH]c(=O)c2C#N)c(Br)cc1OCC(=O)NCCc1ccccc1. The number of carbonyl (C=O) groups excluding carboxylic acids is 1. The van der Waals surface area contributed by atoms with E-state index in [9.17, 15) is 14.9 Å². The first kappa shape index (κ1) is 24.4. The lowest BCUT2D eigenvalue weighted by Gasteiger charge is -2.14. The molecule has 170 valence electrons. The zero-order valence-corrected chi connectivity index (χ0v) is 20.4. The molecule has 0 saturated carbocycles. The summed E-state index contributed by atoms with van der Waals surface area (Å²) < 4.78 is 11.6.